The van der Waals surface area contributed by atoms with Gasteiger partial charge in [-0.2, -0.15) is 0 Å². The van der Waals surface area contributed by atoms with Crippen molar-refractivity contribution in [1.29, 1.82) is 0 Å². The number of likely N-dealkylation sites (tertiary alicyclic amines) is 1. The number of carbonyl (C=O) groups is 1. The lowest BCUT2D eigenvalue weighted by Crippen LogP contribution is -2.50. The summed E-state index contributed by atoms with van der Waals surface area (Å²) in [5.74, 6) is 4.37. The van der Waals surface area contributed by atoms with Crippen LogP contribution in [0.4, 0.5) is 0 Å². The Morgan fingerprint density at radius 1 is 1.13 bits per heavy atom. The quantitative estimate of drug-likeness (QED) is 0.562. The molecule has 3 heteroatoms. The van der Waals surface area contributed by atoms with Gasteiger partial charge in [-0.15, -0.1) is 0 Å². The molecule has 3 saturated carbocycles. The summed E-state index contributed by atoms with van der Waals surface area (Å²) in [6.07, 6.45) is 16.5. The maximum Gasteiger partial charge on any atom is 0.222 e. The maximum absolute atomic E-state index is 12.6. The molecule has 0 aromatic heterocycles. The van der Waals surface area contributed by atoms with E-state index >= 15 is 0 Å². The van der Waals surface area contributed by atoms with Crippen LogP contribution in [0.5, 0.6) is 0 Å². The molecule has 1 saturated heterocycles. The normalized spacial score (nSPS) is 45.5. The maximum atomic E-state index is 12.6. The van der Waals surface area contributed by atoms with Crippen molar-refractivity contribution < 1.29 is 9.90 Å². The van der Waals surface area contributed by atoms with Gasteiger partial charge in [0.1, 0.15) is 0 Å². The molecule has 0 bridgehead atoms. The summed E-state index contributed by atoms with van der Waals surface area (Å²) in [4.78, 5) is 14.7. The van der Waals surface area contributed by atoms with Crippen LogP contribution < -0.4 is 0 Å². The van der Waals surface area contributed by atoms with Gasteiger partial charge in [0.15, 0.2) is 0 Å². The summed E-state index contributed by atoms with van der Waals surface area (Å²) in [5, 5.41) is 10.2. The van der Waals surface area contributed by atoms with E-state index in [0.717, 1.165) is 62.4 Å². The number of amides is 1. The molecule has 4 fully saturated rings. The predicted octanol–water partition coefficient (Wildman–Crippen LogP) is 5.97. The third-order valence-corrected chi connectivity index (χ3v) is 11.1. The lowest BCUT2D eigenvalue weighted by atomic mass is 9.47. The Bertz CT molecular complexity index is 725. The molecule has 1 amide bonds. The van der Waals surface area contributed by atoms with Crippen molar-refractivity contribution in [3.63, 3.8) is 0 Å². The van der Waals surface area contributed by atoms with E-state index in [0.29, 0.717) is 22.7 Å². The minimum absolute atomic E-state index is 0.107. The van der Waals surface area contributed by atoms with Gasteiger partial charge in [-0.3, -0.25) is 4.79 Å². The van der Waals surface area contributed by atoms with E-state index in [-0.39, 0.29) is 6.10 Å². The fourth-order valence-corrected chi connectivity index (χ4v) is 9.29. The fraction of sp³-hybridized carbons (Fsp3) is 0.893. The predicted molar refractivity (Wildman–Crippen MR) is 125 cm³/mol. The molecule has 4 aliphatic carbocycles. The minimum atomic E-state index is -0.107. The Balaban J connectivity index is 1.27. The highest BCUT2D eigenvalue weighted by molar-refractivity contribution is 5.76. The van der Waals surface area contributed by atoms with E-state index in [1.54, 1.807) is 5.57 Å². The molecule has 1 aliphatic heterocycles. The van der Waals surface area contributed by atoms with Gasteiger partial charge >= 0.3 is 0 Å². The molecule has 0 aromatic rings. The molecule has 8 atom stereocenters. The standard InChI is InChI=1S/C28H45NO2/c1-19(6-11-26(31)29-16-4-5-17-29)23-9-10-24-22-8-7-20-18-21(30)12-14-27(20,2)25(22)13-15-28(23,24)3/h7,19,21-25,30H,4-6,8-18H2,1-3H3/t19-,21+,22+,23-,24+,25+,27+,28-/m1/s1. The van der Waals surface area contributed by atoms with Gasteiger partial charge in [0.2, 0.25) is 5.91 Å². The molecule has 31 heavy (non-hydrogen) atoms. The van der Waals surface area contributed by atoms with Crippen molar-refractivity contribution in [2.45, 2.75) is 104 Å². The largest absolute Gasteiger partial charge is 0.393 e. The van der Waals surface area contributed by atoms with Gasteiger partial charge in [-0.25, -0.2) is 0 Å². The second-order valence-electron chi connectivity index (χ2n) is 12.5. The minimum Gasteiger partial charge on any atom is -0.393 e. The first-order valence-electron chi connectivity index (χ1n) is 13.5. The molecule has 0 radical (unpaired) electrons. The molecule has 3 nitrogen and oxygen atoms in total. The average molecular weight is 428 g/mol. The number of aliphatic hydroxyl groups is 1. The first kappa shape index (κ1) is 22.0. The van der Waals surface area contributed by atoms with Crippen LogP contribution in [0.25, 0.3) is 0 Å². The van der Waals surface area contributed by atoms with Crippen LogP contribution in [0.2, 0.25) is 0 Å². The van der Waals surface area contributed by atoms with Crippen molar-refractivity contribution in [3.8, 4) is 0 Å². The lowest BCUT2D eigenvalue weighted by molar-refractivity contribution is -0.130. The van der Waals surface area contributed by atoms with Crippen molar-refractivity contribution in [2.24, 2.45) is 40.4 Å². The molecule has 1 heterocycles. The zero-order chi connectivity index (χ0) is 21.8. The molecular formula is C28H45NO2. The van der Waals surface area contributed by atoms with Crippen molar-refractivity contribution in [1.82, 2.24) is 4.90 Å². The van der Waals surface area contributed by atoms with Crippen molar-refractivity contribution in [3.05, 3.63) is 11.6 Å². The van der Waals surface area contributed by atoms with Crippen LogP contribution in [0, 0.1) is 40.4 Å². The summed E-state index contributed by atoms with van der Waals surface area (Å²) < 4.78 is 0. The van der Waals surface area contributed by atoms with Crippen LogP contribution in [0.1, 0.15) is 97.8 Å². The van der Waals surface area contributed by atoms with E-state index in [2.05, 4.69) is 31.7 Å². The fourth-order valence-electron chi connectivity index (χ4n) is 9.29. The van der Waals surface area contributed by atoms with E-state index in [4.69, 9.17) is 0 Å². The Labute approximate surface area is 190 Å². The highest BCUT2D eigenvalue weighted by atomic mass is 16.3. The van der Waals surface area contributed by atoms with Gasteiger partial charge in [0.25, 0.3) is 0 Å². The third-order valence-electron chi connectivity index (χ3n) is 11.1. The monoisotopic (exact) mass is 427 g/mol. The first-order valence-corrected chi connectivity index (χ1v) is 13.5. The Kier molecular flexibility index (Phi) is 5.81. The van der Waals surface area contributed by atoms with Gasteiger partial charge in [-0.1, -0.05) is 32.4 Å². The zero-order valence-corrected chi connectivity index (χ0v) is 20.2. The van der Waals surface area contributed by atoms with Crippen LogP contribution >= 0.6 is 0 Å². The summed E-state index contributed by atoms with van der Waals surface area (Å²) in [6.45, 7) is 9.58. The number of allylic oxidation sites excluding steroid dienone is 1. The molecular weight excluding hydrogens is 382 g/mol. The molecule has 0 aromatic carbocycles. The summed E-state index contributed by atoms with van der Waals surface area (Å²) in [7, 11) is 0. The molecule has 0 unspecified atom stereocenters. The average Bonchev–Trinajstić information content (AvgIpc) is 3.40. The first-order chi connectivity index (χ1) is 14.8. The number of rotatable bonds is 4. The van der Waals surface area contributed by atoms with Crippen LogP contribution in [-0.4, -0.2) is 35.1 Å². The van der Waals surface area contributed by atoms with Crippen LogP contribution in [0.15, 0.2) is 11.6 Å². The van der Waals surface area contributed by atoms with Gasteiger partial charge in [0.05, 0.1) is 6.10 Å². The second kappa shape index (κ2) is 8.19. The molecule has 5 aliphatic rings. The highest BCUT2D eigenvalue weighted by Gasteiger charge is 2.59. The van der Waals surface area contributed by atoms with Crippen LogP contribution in [0.3, 0.4) is 0 Å². The zero-order valence-electron chi connectivity index (χ0n) is 20.2. The summed E-state index contributed by atoms with van der Waals surface area (Å²) in [5.41, 5.74) is 2.39. The highest BCUT2D eigenvalue weighted by Crippen LogP contribution is 2.67. The smallest absolute Gasteiger partial charge is 0.222 e. The van der Waals surface area contributed by atoms with E-state index in [9.17, 15) is 9.90 Å². The summed E-state index contributed by atoms with van der Waals surface area (Å²) >= 11 is 0. The van der Waals surface area contributed by atoms with E-state index in [1.165, 1.54) is 51.4 Å². The third kappa shape index (κ3) is 3.62. The number of fused-ring (bicyclic) bond motifs is 5. The molecule has 0 spiro atoms. The van der Waals surface area contributed by atoms with Crippen molar-refractivity contribution >= 4 is 5.91 Å². The molecule has 5 rings (SSSR count). The Morgan fingerprint density at radius 2 is 1.90 bits per heavy atom. The topological polar surface area (TPSA) is 40.5 Å². The number of aliphatic hydroxyl groups excluding tert-OH is 1. The lowest BCUT2D eigenvalue weighted by Gasteiger charge is -2.58. The summed E-state index contributed by atoms with van der Waals surface area (Å²) in [6, 6.07) is 0. The number of hydrogen-bond acceptors (Lipinski definition) is 2. The Hall–Kier alpha value is -0.830. The van der Waals surface area contributed by atoms with E-state index < -0.39 is 0 Å². The molecule has 174 valence electrons. The van der Waals surface area contributed by atoms with Gasteiger partial charge in [-0.05, 0) is 111 Å². The number of nitrogens with zero attached hydrogens (tertiary/aromatic N) is 1. The second-order valence-corrected chi connectivity index (χ2v) is 12.5. The van der Waals surface area contributed by atoms with Crippen molar-refractivity contribution in [2.75, 3.05) is 13.1 Å². The Morgan fingerprint density at radius 3 is 2.68 bits per heavy atom. The number of carbonyl (C=O) groups excluding carboxylic acids is 1. The SMILES string of the molecule is C[C@H](CCC(=O)N1CCCC1)[C@H]1CC[C@H]2[C@@H]3CC=C4C[C@@H](O)CC[C@]4(C)[C@H]3CC[C@]12C. The van der Waals surface area contributed by atoms with Crippen LogP contribution in [-0.2, 0) is 4.79 Å². The number of hydrogen-bond donors (Lipinski definition) is 1. The molecule has 1 N–H and O–H groups in total. The van der Waals surface area contributed by atoms with Gasteiger partial charge < -0.3 is 10.0 Å². The van der Waals surface area contributed by atoms with Gasteiger partial charge in [0, 0.05) is 19.5 Å². The van der Waals surface area contributed by atoms with E-state index in [1.807, 2.05) is 0 Å².